The van der Waals surface area contributed by atoms with E-state index in [1.54, 1.807) is 24.8 Å². The van der Waals surface area contributed by atoms with Crippen LogP contribution in [0.2, 0.25) is 0 Å². The number of para-hydroxylation sites is 1. The maximum Gasteiger partial charge on any atom is 0.340 e. The first-order valence-electron chi connectivity index (χ1n) is 10.2. The van der Waals surface area contributed by atoms with Gasteiger partial charge < -0.3 is 14.4 Å². The zero-order chi connectivity index (χ0) is 21.5. The van der Waals surface area contributed by atoms with Crippen molar-refractivity contribution in [1.29, 1.82) is 0 Å². The molecule has 0 unspecified atom stereocenters. The Morgan fingerprint density at radius 2 is 1.70 bits per heavy atom. The van der Waals surface area contributed by atoms with Gasteiger partial charge in [0.1, 0.15) is 5.75 Å². The number of hydrogen-bond acceptors (Lipinski definition) is 4. The van der Waals surface area contributed by atoms with Crippen molar-refractivity contribution in [1.82, 2.24) is 4.90 Å². The van der Waals surface area contributed by atoms with Crippen LogP contribution in [0.5, 0.6) is 5.75 Å². The maximum atomic E-state index is 13.3. The van der Waals surface area contributed by atoms with E-state index in [2.05, 4.69) is 0 Å². The van der Waals surface area contributed by atoms with Crippen LogP contribution in [0.4, 0.5) is 0 Å². The third-order valence-electron chi connectivity index (χ3n) is 4.98. The molecule has 0 N–H and O–H groups in total. The number of rotatable bonds is 8. The Labute approximate surface area is 177 Å². The molecule has 0 atom stereocenters. The average molecular weight is 405 g/mol. The molecule has 0 aromatic heterocycles. The lowest BCUT2D eigenvalue weighted by molar-refractivity contribution is -0.138. The van der Waals surface area contributed by atoms with E-state index < -0.39 is 5.97 Å². The Kier molecular flexibility index (Phi) is 7.07. The minimum absolute atomic E-state index is 0.196. The van der Waals surface area contributed by atoms with Crippen molar-refractivity contribution in [2.75, 3.05) is 19.8 Å². The maximum absolute atomic E-state index is 13.3. The van der Waals surface area contributed by atoms with E-state index in [1.165, 1.54) is 0 Å². The summed E-state index contributed by atoms with van der Waals surface area (Å²) in [4.78, 5) is 27.7. The van der Waals surface area contributed by atoms with E-state index in [0.29, 0.717) is 42.2 Å². The van der Waals surface area contributed by atoms with Gasteiger partial charge in [-0.15, -0.1) is 0 Å². The van der Waals surface area contributed by atoms with Gasteiger partial charge in [0.05, 0.1) is 24.4 Å². The van der Waals surface area contributed by atoms with Crippen LogP contribution in [-0.4, -0.2) is 36.5 Å². The molecule has 0 fully saturated rings. The van der Waals surface area contributed by atoms with Gasteiger partial charge in [0.2, 0.25) is 0 Å². The number of carbonyl (C=O) groups excluding carboxylic acids is 2. The summed E-state index contributed by atoms with van der Waals surface area (Å²) in [6.45, 7) is 6.70. The highest BCUT2D eigenvalue weighted by Gasteiger charge is 2.37. The van der Waals surface area contributed by atoms with Crippen molar-refractivity contribution in [3.63, 3.8) is 0 Å². The van der Waals surface area contributed by atoms with Crippen LogP contribution in [0.25, 0.3) is 6.08 Å². The highest BCUT2D eigenvalue weighted by molar-refractivity contribution is 6.16. The van der Waals surface area contributed by atoms with Crippen molar-refractivity contribution in [3.05, 3.63) is 82.6 Å². The molecule has 1 heterocycles. The quantitative estimate of drug-likeness (QED) is 0.483. The Morgan fingerprint density at radius 3 is 2.40 bits per heavy atom. The monoisotopic (exact) mass is 405 g/mol. The second kappa shape index (κ2) is 9.92. The molecule has 156 valence electrons. The first kappa shape index (κ1) is 21.4. The second-order valence-electron chi connectivity index (χ2n) is 6.90. The number of benzene rings is 2. The van der Waals surface area contributed by atoms with Crippen LogP contribution in [0.1, 0.15) is 31.9 Å². The van der Waals surface area contributed by atoms with E-state index in [9.17, 15) is 9.59 Å². The largest absolute Gasteiger partial charge is 0.493 e. The molecule has 0 spiro atoms. The zero-order valence-corrected chi connectivity index (χ0v) is 17.7. The summed E-state index contributed by atoms with van der Waals surface area (Å²) < 4.78 is 10.9. The normalized spacial score (nSPS) is 15.1. The van der Waals surface area contributed by atoms with Crippen molar-refractivity contribution in [2.24, 2.45) is 0 Å². The van der Waals surface area contributed by atoms with Gasteiger partial charge in [0, 0.05) is 17.8 Å². The fourth-order valence-electron chi connectivity index (χ4n) is 3.53. The molecule has 0 aliphatic carbocycles. The minimum atomic E-state index is -0.481. The average Bonchev–Trinajstić information content (AvgIpc) is 2.98. The topological polar surface area (TPSA) is 55.8 Å². The minimum Gasteiger partial charge on any atom is -0.493 e. The number of esters is 1. The number of carbonyl (C=O) groups is 2. The molecule has 3 rings (SSSR count). The summed E-state index contributed by atoms with van der Waals surface area (Å²) in [5.41, 5.74) is 3.17. The molecule has 1 amide bonds. The SMILES string of the molecule is CCOC(=O)C1=C(C)N(CCc2ccccc2)C(=O)/C1=C\c1ccccc1OCC. The summed E-state index contributed by atoms with van der Waals surface area (Å²) in [5, 5.41) is 0. The number of allylic oxidation sites excluding steroid dienone is 1. The summed E-state index contributed by atoms with van der Waals surface area (Å²) in [6.07, 6.45) is 2.43. The fourth-order valence-corrected chi connectivity index (χ4v) is 3.53. The Bertz CT molecular complexity index is 976. The Morgan fingerprint density at radius 1 is 1.00 bits per heavy atom. The van der Waals surface area contributed by atoms with Gasteiger partial charge in [-0.3, -0.25) is 4.79 Å². The first-order chi connectivity index (χ1) is 14.6. The van der Waals surface area contributed by atoms with E-state index in [4.69, 9.17) is 9.47 Å². The molecule has 1 aliphatic heterocycles. The number of ether oxygens (including phenoxy) is 2. The van der Waals surface area contributed by atoms with Crippen LogP contribution < -0.4 is 4.74 Å². The van der Waals surface area contributed by atoms with Crippen molar-refractivity contribution in [2.45, 2.75) is 27.2 Å². The zero-order valence-electron chi connectivity index (χ0n) is 17.7. The second-order valence-corrected chi connectivity index (χ2v) is 6.90. The molecule has 0 saturated heterocycles. The van der Waals surface area contributed by atoms with Crippen LogP contribution in [-0.2, 0) is 20.7 Å². The van der Waals surface area contributed by atoms with E-state index in [0.717, 1.165) is 11.1 Å². The fraction of sp³-hybridized carbons (Fsp3) is 0.280. The van der Waals surface area contributed by atoms with Crippen LogP contribution >= 0.6 is 0 Å². The Balaban J connectivity index is 1.97. The third kappa shape index (κ3) is 4.62. The number of nitrogens with zero attached hydrogens (tertiary/aromatic N) is 1. The smallest absolute Gasteiger partial charge is 0.340 e. The van der Waals surface area contributed by atoms with Crippen LogP contribution in [0, 0.1) is 0 Å². The van der Waals surface area contributed by atoms with Gasteiger partial charge in [-0.2, -0.15) is 0 Å². The molecule has 30 heavy (non-hydrogen) atoms. The molecule has 5 nitrogen and oxygen atoms in total. The molecule has 2 aromatic rings. The summed E-state index contributed by atoms with van der Waals surface area (Å²) >= 11 is 0. The highest BCUT2D eigenvalue weighted by Crippen LogP contribution is 2.33. The third-order valence-corrected chi connectivity index (χ3v) is 4.98. The molecule has 2 aromatic carbocycles. The number of hydrogen-bond donors (Lipinski definition) is 0. The lowest BCUT2D eigenvalue weighted by Gasteiger charge is -2.17. The molecule has 0 saturated carbocycles. The van der Waals surface area contributed by atoms with Gasteiger partial charge in [0.25, 0.3) is 5.91 Å². The van der Waals surface area contributed by atoms with Gasteiger partial charge in [0.15, 0.2) is 0 Å². The standard InChI is InChI=1S/C25H27NO4/c1-4-29-22-14-10-9-13-20(22)17-21-23(25(28)30-5-2)18(3)26(24(21)27)16-15-19-11-7-6-8-12-19/h6-14,17H,4-5,15-16H2,1-3H3/b21-17-. The van der Waals surface area contributed by atoms with Gasteiger partial charge in [-0.1, -0.05) is 48.5 Å². The van der Waals surface area contributed by atoms with Crippen LogP contribution in [0.15, 0.2) is 71.4 Å². The molecule has 0 radical (unpaired) electrons. The molecule has 0 bridgehead atoms. The van der Waals surface area contributed by atoms with Crippen LogP contribution in [0.3, 0.4) is 0 Å². The number of amides is 1. The summed E-state index contributed by atoms with van der Waals surface area (Å²) in [7, 11) is 0. The highest BCUT2D eigenvalue weighted by atomic mass is 16.5. The first-order valence-corrected chi connectivity index (χ1v) is 10.2. The van der Waals surface area contributed by atoms with Gasteiger partial charge >= 0.3 is 5.97 Å². The van der Waals surface area contributed by atoms with E-state index >= 15 is 0 Å². The van der Waals surface area contributed by atoms with Crippen molar-refractivity contribution in [3.8, 4) is 5.75 Å². The summed E-state index contributed by atoms with van der Waals surface area (Å²) in [5.74, 6) is -0.00705. The predicted octanol–water partition coefficient (Wildman–Crippen LogP) is 4.39. The lowest BCUT2D eigenvalue weighted by atomic mass is 10.0. The Hall–Kier alpha value is -3.34. The van der Waals surface area contributed by atoms with E-state index in [1.807, 2.05) is 61.5 Å². The molecule has 1 aliphatic rings. The lowest BCUT2D eigenvalue weighted by Crippen LogP contribution is -2.27. The molecular weight excluding hydrogens is 378 g/mol. The van der Waals surface area contributed by atoms with Gasteiger partial charge in [-0.05, 0) is 44.9 Å². The van der Waals surface area contributed by atoms with Crippen molar-refractivity contribution < 1.29 is 19.1 Å². The molecular formula is C25H27NO4. The van der Waals surface area contributed by atoms with Gasteiger partial charge in [-0.25, -0.2) is 4.79 Å². The van der Waals surface area contributed by atoms with E-state index in [-0.39, 0.29) is 12.5 Å². The van der Waals surface area contributed by atoms with Crippen molar-refractivity contribution >= 4 is 18.0 Å². The molecule has 5 heteroatoms. The predicted molar refractivity (Wildman–Crippen MR) is 117 cm³/mol. The summed E-state index contributed by atoms with van der Waals surface area (Å²) in [6, 6.07) is 17.4.